The molecule has 0 aliphatic rings. The number of hydrogen-bond donors (Lipinski definition) is 1. The number of carbonyl (C=O) groups excluding carboxylic acids is 2. The molecule has 1 aromatic heterocycles. The summed E-state index contributed by atoms with van der Waals surface area (Å²) in [5.41, 5.74) is 3.39. The van der Waals surface area contributed by atoms with Crippen molar-refractivity contribution >= 4 is 44.6 Å². The first kappa shape index (κ1) is 21.0. The van der Waals surface area contributed by atoms with Crippen molar-refractivity contribution in [3.05, 3.63) is 58.7 Å². The Kier molecular flexibility index (Phi) is 6.45. The molecule has 0 aliphatic heterocycles. The monoisotopic (exact) mass is 421 g/mol. The number of aryl methyl sites for hydroxylation is 2. The first-order valence-electron chi connectivity index (χ1n) is 9.00. The average Bonchev–Trinajstić information content (AvgIpc) is 3.13. The van der Waals surface area contributed by atoms with Gasteiger partial charge in [0.15, 0.2) is 11.7 Å². The van der Waals surface area contributed by atoms with Gasteiger partial charge in [-0.25, -0.2) is 9.78 Å². The summed E-state index contributed by atoms with van der Waals surface area (Å²) < 4.78 is 11.0. The van der Waals surface area contributed by atoms with Crippen LogP contribution in [0.5, 0.6) is 5.75 Å². The van der Waals surface area contributed by atoms with E-state index in [0.717, 1.165) is 21.3 Å². The molecule has 0 aliphatic carbocycles. The van der Waals surface area contributed by atoms with Crippen LogP contribution in [0.4, 0.5) is 5.13 Å². The van der Waals surface area contributed by atoms with Crippen LogP contribution in [0.2, 0.25) is 0 Å². The highest BCUT2D eigenvalue weighted by atomic mass is 32.1. The van der Waals surface area contributed by atoms with E-state index in [4.69, 9.17) is 9.47 Å². The molecule has 8 heteroatoms. The third kappa shape index (κ3) is 5.01. The largest absolute Gasteiger partial charge is 0.497 e. The number of benzene rings is 2. The van der Waals surface area contributed by atoms with E-state index >= 15 is 0 Å². The number of hydrogen-bond acceptors (Lipinski definition) is 7. The van der Waals surface area contributed by atoms with Crippen molar-refractivity contribution in [1.82, 2.24) is 4.98 Å². The lowest BCUT2D eigenvalue weighted by atomic mass is 10.1. The van der Waals surface area contributed by atoms with Crippen LogP contribution in [0.15, 0.2) is 42.0 Å². The Morgan fingerprint density at radius 3 is 2.63 bits per heavy atom. The fraction of sp³-hybridized carbons (Fsp3) is 0.182. The van der Waals surface area contributed by atoms with Gasteiger partial charge in [0.1, 0.15) is 17.4 Å². The summed E-state index contributed by atoms with van der Waals surface area (Å²) >= 11 is 1.35. The van der Waals surface area contributed by atoms with Crippen molar-refractivity contribution in [1.29, 1.82) is 5.26 Å². The van der Waals surface area contributed by atoms with E-state index in [-0.39, 0.29) is 5.57 Å². The first-order chi connectivity index (χ1) is 14.4. The Labute approximate surface area is 177 Å². The van der Waals surface area contributed by atoms with Gasteiger partial charge in [0.25, 0.3) is 5.91 Å². The molecule has 0 radical (unpaired) electrons. The fourth-order valence-corrected chi connectivity index (χ4v) is 3.85. The predicted octanol–water partition coefficient (Wildman–Crippen LogP) is 4.01. The highest BCUT2D eigenvalue weighted by molar-refractivity contribution is 7.22. The molecule has 0 spiro atoms. The van der Waals surface area contributed by atoms with E-state index in [0.29, 0.717) is 16.4 Å². The van der Waals surface area contributed by atoms with Gasteiger partial charge in [-0.1, -0.05) is 29.5 Å². The van der Waals surface area contributed by atoms with E-state index in [1.165, 1.54) is 17.4 Å². The van der Waals surface area contributed by atoms with Crippen LogP contribution >= 0.6 is 11.3 Å². The molecule has 0 saturated heterocycles. The Morgan fingerprint density at radius 2 is 1.97 bits per heavy atom. The number of ether oxygens (including phenoxy) is 2. The van der Waals surface area contributed by atoms with Gasteiger partial charge in [-0.2, -0.15) is 5.26 Å². The summed E-state index contributed by atoms with van der Waals surface area (Å²) in [5.74, 6) is -0.747. The van der Waals surface area contributed by atoms with Crippen LogP contribution < -0.4 is 10.1 Å². The lowest BCUT2D eigenvalue weighted by Crippen LogP contribution is -2.21. The second-order valence-electron chi connectivity index (χ2n) is 6.51. The summed E-state index contributed by atoms with van der Waals surface area (Å²) in [7, 11) is 1.55. The number of fused-ring (bicyclic) bond motifs is 1. The molecule has 0 unspecified atom stereocenters. The van der Waals surface area contributed by atoms with Crippen molar-refractivity contribution in [3.63, 3.8) is 0 Å². The number of thiazole rings is 1. The Bertz CT molecular complexity index is 1170. The van der Waals surface area contributed by atoms with Crippen LogP contribution in [-0.4, -0.2) is 30.6 Å². The van der Waals surface area contributed by atoms with Gasteiger partial charge in [-0.05, 0) is 54.8 Å². The number of aromatic nitrogens is 1. The number of carbonyl (C=O) groups is 2. The van der Waals surface area contributed by atoms with Crippen molar-refractivity contribution in [2.75, 3.05) is 19.0 Å². The smallest absolute Gasteiger partial charge is 0.349 e. The maximum absolute atomic E-state index is 12.2. The number of nitrogens with zero attached hydrogens (tertiary/aromatic N) is 2. The summed E-state index contributed by atoms with van der Waals surface area (Å²) in [6, 6.07) is 12.6. The highest BCUT2D eigenvalue weighted by Crippen LogP contribution is 2.29. The van der Waals surface area contributed by atoms with E-state index in [1.54, 1.807) is 37.4 Å². The highest BCUT2D eigenvalue weighted by Gasteiger charge is 2.15. The molecular formula is C22H19N3O4S. The van der Waals surface area contributed by atoms with E-state index in [9.17, 15) is 14.9 Å². The number of anilines is 1. The predicted molar refractivity (Wildman–Crippen MR) is 115 cm³/mol. The van der Waals surface area contributed by atoms with Crippen molar-refractivity contribution in [2.24, 2.45) is 0 Å². The van der Waals surface area contributed by atoms with E-state index < -0.39 is 18.5 Å². The SMILES string of the molecule is COc1ccc(/C=C(\C#N)C(=O)OCC(=O)Nc2nc3c(C)cc(C)cc3s2)cc1. The maximum Gasteiger partial charge on any atom is 0.349 e. The Hall–Kier alpha value is -3.70. The zero-order valence-electron chi connectivity index (χ0n) is 16.7. The van der Waals surface area contributed by atoms with Gasteiger partial charge in [-0.3, -0.25) is 10.1 Å². The van der Waals surface area contributed by atoms with Gasteiger partial charge < -0.3 is 9.47 Å². The Balaban J connectivity index is 1.61. The first-order valence-corrected chi connectivity index (χ1v) is 9.82. The molecule has 3 rings (SSSR count). The second kappa shape index (κ2) is 9.20. The average molecular weight is 421 g/mol. The van der Waals surface area contributed by atoms with Crippen molar-refractivity contribution in [2.45, 2.75) is 13.8 Å². The lowest BCUT2D eigenvalue weighted by molar-refractivity contribution is -0.142. The number of nitriles is 1. The number of amides is 1. The maximum atomic E-state index is 12.2. The summed E-state index contributed by atoms with van der Waals surface area (Å²) in [5, 5.41) is 12.3. The number of esters is 1. The van der Waals surface area contributed by atoms with Gasteiger partial charge in [0.2, 0.25) is 0 Å². The van der Waals surface area contributed by atoms with E-state index in [1.807, 2.05) is 26.0 Å². The van der Waals surface area contributed by atoms with E-state index in [2.05, 4.69) is 10.3 Å². The molecule has 2 aromatic carbocycles. The van der Waals surface area contributed by atoms with Gasteiger partial charge in [0.05, 0.1) is 17.3 Å². The Morgan fingerprint density at radius 1 is 1.23 bits per heavy atom. The van der Waals surface area contributed by atoms with Crippen LogP contribution in [0, 0.1) is 25.2 Å². The van der Waals surface area contributed by atoms with Crippen LogP contribution in [0.1, 0.15) is 16.7 Å². The standard InChI is InChI=1S/C22H19N3O4S/c1-13-8-14(2)20-18(9-13)30-22(25-20)24-19(26)12-29-21(27)16(11-23)10-15-4-6-17(28-3)7-5-15/h4-10H,12H2,1-3H3,(H,24,25,26)/b16-10+. The minimum Gasteiger partial charge on any atom is -0.497 e. The molecule has 30 heavy (non-hydrogen) atoms. The minimum atomic E-state index is -0.876. The molecule has 3 aromatic rings. The molecule has 0 bridgehead atoms. The molecule has 0 saturated carbocycles. The summed E-state index contributed by atoms with van der Waals surface area (Å²) in [6.07, 6.45) is 1.39. The molecule has 7 nitrogen and oxygen atoms in total. The summed E-state index contributed by atoms with van der Waals surface area (Å²) in [4.78, 5) is 28.7. The molecule has 0 atom stereocenters. The molecule has 1 amide bonds. The van der Waals surface area contributed by atoms with Crippen molar-refractivity contribution < 1.29 is 19.1 Å². The zero-order valence-corrected chi connectivity index (χ0v) is 17.5. The van der Waals surface area contributed by atoms with Crippen LogP contribution in [0.3, 0.4) is 0 Å². The lowest BCUT2D eigenvalue weighted by Gasteiger charge is -2.04. The quantitative estimate of drug-likeness (QED) is 0.367. The number of rotatable bonds is 6. The zero-order chi connectivity index (χ0) is 21.7. The van der Waals surface area contributed by atoms with Crippen LogP contribution in [-0.2, 0) is 14.3 Å². The third-order valence-electron chi connectivity index (χ3n) is 4.18. The van der Waals surface area contributed by atoms with Gasteiger partial charge in [-0.15, -0.1) is 0 Å². The van der Waals surface area contributed by atoms with Crippen LogP contribution in [0.25, 0.3) is 16.3 Å². The normalized spacial score (nSPS) is 11.1. The fourth-order valence-electron chi connectivity index (χ4n) is 2.79. The molecule has 152 valence electrons. The summed E-state index contributed by atoms with van der Waals surface area (Å²) in [6.45, 7) is 3.44. The van der Waals surface area contributed by atoms with Gasteiger partial charge >= 0.3 is 5.97 Å². The molecule has 1 N–H and O–H groups in total. The van der Waals surface area contributed by atoms with Crippen molar-refractivity contribution in [3.8, 4) is 11.8 Å². The molecule has 1 heterocycles. The topological polar surface area (TPSA) is 101 Å². The number of methoxy groups -OCH3 is 1. The molecule has 0 fully saturated rings. The second-order valence-corrected chi connectivity index (χ2v) is 7.55. The minimum absolute atomic E-state index is 0.209. The number of nitrogens with one attached hydrogen (secondary N) is 1. The van der Waals surface area contributed by atoms with Gasteiger partial charge in [0, 0.05) is 0 Å². The third-order valence-corrected chi connectivity index (χ3v) is 5.10. The molecular weight excluding hydrogens is 402 g/mol.